The zero-order chi connectivity index (χ0) is 21.3. The number of ether oxygens (including phenoxy) is 1. The lowest BCUT2D eigenvalue weighted by atomic mass is 10.0. The van der Waals surface area contributed by atoms with Crippen LogP contribution >= 0.6 is 15.9 Å². The fourth-order valence-corrected chi connectivity index (χ4v) is 4.06. The maximum Gasteiger partial charge on any atom is 0.256 e. The minimum Gasteiger partial charge on any atom is -0.488 e. The van der Waals surface area contributed by atoms with Crippen LogP contribution in [0.3, 0.4) is 0 Å². The third-order valence-corrected chi connectivity index (χ3v) is 6.02. The molecule has 1 heterocycles. The topological polar surface area (TPSA) is 98.5 Å². The van der Waals surface area contributed by atoms with Crippen LogP contribution in [0.1, 0.15) is 16.7 Å². The molecule has 0 spiro atoms. The fraction of sp³-hybridized carbons (Fsp3) is 0.0455. The molecule has 1 amide bonds. The minimum absolute atomic E-state index is 0.0570. The highest BCUT2D eigenvalue weighted by Crippen LogP contribution is 2.36. The Morgan fingerprint density at radius 3 is 2.53 bits per heavy atom. The van der Waals surface area contributed by atoms with Gasteiger partial charge in [-0.1, -0.05) is 46.3 Å². The first-order chi connectivity index (χ1) is 14.3. The Labute approximate surface area is 182 Å². The molecule has 30 heavy (non-hydrogen) atoms. The van der Waals surface area contributed by atoms with E-state index in [9.17, 15) is 13.2 Å². The summed E-state index contributed by atoms with van der Waals surface area (Å²) in [7, 11) is -3.89. The summed E-state index contributed by atoms with van der Waals surface area (Å²) in [6, 6.07) is 19.5. The first-order valence-corrected chi connectivity index (χ1v) is 11.3. The number of carbonyl (C=O) groups is 1. The third kappa shape index (κ3) is 4.30. The minimum atomic E-state index is -3.89. The lowest BCUT2D eigenvalue weighted by Gasteiger charge is -2.11. The summed E-state index contributed by atoms with van der Waals surface area (Å²) in [6.45, 7) is 0.372. The number of hydrogen-bond donors (Lipinski definition) is 2. The van der Waals surface area contributed by atoms with E-state index < -0.39 is 10.0 Å². The second-order valence-corrected chi connectivity index (χ2v) is 9.20. The average Bonchev–Trinajstić information content (AvgIpc) is 3.02. The molecule has 0 saturated heterocycles. The van der Waals surface area contributed by atoms with E-state index in [4.69, 9.17) is 9.88 Å². The summed E-state index contributed by atoms with van der Waals surface area (Å²) in [6.07, 6.45) is 1.68. The monoisotopic (exact) mass is 484 g/mol. The molecule has 0 aliphatic carbocycles. The molecule has 0 saturated carbocycles. The molecule has 0 unspecified atom stereocenters. The average molecular weight is 485 g/mol. The maximum atomic E-state index is 12.6. The van der Waals surface area contributed by atoms with Crippen molar-refractivity contribution in [1.29, 1.82) is 0 Å². The predicted octanol–water partition coefficient (Wildman–Crippen LogP) is 4.17. The molecule has 6 nitrogen and oxygen atoms in total. The molecule has 0 aromatic heterocycles. The van der Waals surface area contributed by atoms with E-state index in [2.05, 4.69) is 21.2 Å². The van der Waals surface area contributed by atoms with E-state index in [1.54, 1.807) is 6.08 Å². The van der Waals surface area contributed by atoms with Gasteiger partial charge in [-0.15, -0.1) is 0 Å². The SMILES string of the molecule is NS(=O)(=O)c1ccc2c(c1)/C(=C/c1cc(Br)ccc1OCc1ccccc1)C(=O)N2. The number of carbonyl (C=O) groups excluding carboxylic acids is 1. The van der Waals surface area contributed by atoms with Crippen molar-refractivity contribution in [1.82, 2.24) is 0 Å². The van der Waals surface area contributed by atoms with Gasteiger partial charge in [0.2, 0.25) is 10.0 Å². The number of amides is 1. The van der Waals surface area contributed by atoms with Crippen molar-refractivity contribution in [3.8, 4) is 5.75 Å². The Hall–Kier alpha value is -2.94. The Morgan fingerprint density at radius 1 is 1.03 bits per heavy atom. The summed E-state index contributed by atoms with van der Waals surface area (Å²) in [5.41, 5.74) is 3.03. The van der Waals surface area contributed by atoms with Crippen LogP contribution in [-0.2, 0) is 21.4 Å². The van der Waals surface area contributed by atoms with Gasteiger partial charge in [0.05, 0.1) is 4.90 Å². The van der Waals surface area contributed by atoms with E-state index in [0.29, 0.717) is 34.7 Å². The molecule has 4 rings (SSSR count). The van der Waals surface area contributed by atoms with Crippen LogP contribution in [0.2, 0.25) is 0 Å². The smallest absolute Gasteiger partial charge is 0.256 e. The van der Waals surface area contributed by atoms with Gasteiger partial charge in [-0.05, 0) is 48.0 Å². The number of halogens is 1. The molecular formula is C22H17BrN2O4S. The lowest BCUT2D eigenvalue weighted by Crippen LogP contribution is -2.12. The highest BCUT2D eigenvalue weighted by atomic mass is 79.9. The number of sulfonamides is 1. The molecular weight excluding hydrogens is 468 g/mol. The lowest BCUT2D eigenvalue weighted by molar-refractivity contribution is -0.110. The van der Waals surface area contributed by atoms with Crippen molar-refractivity contribution in [2.24, 2.45) is 5.14 Å². The maximum absolute atomic E-state index is 12.6. The number of hydrogen-bond acceptors (Lipinski definition) is 4. The Morgan fingerprint density at radius 2 is 1.80 bits per heavy atom. The van der Waals surface area contributed by atoms with Crippen LogP contribution in [0.5, 0.6) is 5.75 Å². The van der Waals surface area contributed by atoms with E-state index in [1.807, 2.05) is 48.5 Å². The van der Waals surface area contributed by atoms with E-state index in [1.165, 1.54) is 18.2 Å². The zero-order valence-corrected chi connectivity index (χ0v) is 18.0. The van der Waals surface area contributed by atoms with E-state index in [-0.39, 0.29) is 10.8 Å². The second-order valence-electron chi connectivity index (χ2n) is 6.72. The summed E-state index contributed by atoms with van der Waals surface area (Å²) < 4.78 is 30.2. The highest BCUT2D eigenvalue weighted by molar-refractivity contribution is 9.10. The van der Waals surface area contributed by atoms with Crippen molar-refractivity contribution in [3.63, 3.8) is 0 Å². The number of nitrogens with two attached hydrogens (primary N) is 1. The molecule has 1 aliphatic rings. The van der Waals surface area contributed by atoms with Crippen molar-refractivity contribution in [2.45, 2.75) is 11.5 Å². The van der Waals surface area contributed by atoms with Crippen LogP contribution < -0.4 is 15.2 Å². The third-order valence-electron chi connectivity index (χ3n) is 4.61. The molecule has 0 fully saturated rings. The van der Waals surface area contributed by atoms with Crippen LogP contribution in [0.4, 0.5) is 5.69 Å². The summed E-state index contributed by atoms with van der Waals surface area (Å²) in [5, 5.41) is 7.99. The van der Waals surface area contributed by atoms with Gasteiger partial charge in [-0.2, -0.15) is 0 Å². The number of benzene rings is 3. The van der Waals surface area contributed by atoms with Gasteiger partial charge >= 0.3 is 0 Å². The molecule has 3 aromatic carbocycles. The normalized spacial score (nSPS) is 14.5. The van der Waals surface area contributed by atoms with Crippen LogP contribution in [0, 0.1) is 0 Å². The number of primary sulfonamides is 1. The van der Waals surface area contributed by atoms with Crippen LogP contribution in [-0.4, -0.2) is 14.3 Å². The molecule has 0 radical (unpaired) electrons. The number of fused-ring (bicyclic) bond motifs is 1. The Balaban J connectivity index is 1.73. The molecule has 3 N–H and O–H groups in total. The molecule has 3 aromatic rings. The van der Waals surface area contributed by atoms with Gasteiger partial charge < -0.3 is 10.1 Å². The summed E-state index contributed by atoms with van der Waals surface area (Å²) in [5.74, 6) is 0.268. The molecule has 8 heteroatoms. The Bertz CT molecular complexity index is 1270. The van der Waals surface area contributed by atoms with Crippen LogP contribution in [0.25, 0.3) is 11.6 Å². The first kappa shape index (κ1) is 20.3. The van der Waals surface area contributed by atoms with Crippen LogP contribution in [0.15, 0.2) is 76.1 Å². The van der Waals surface area contributed by atoms with Gasteiger partial charge in [-0.25, -0.2) is 13.6 Å². The van der Waals surface area contributed by atoms with E-state index in [0.717, 1.165) is 10.0 Å². The number of nitrogens with one attached hydrogen (secondary N) is 1. The number of rotatable bonds is 5. The van der Waals surface area contributed by atoms with Crippen molar-refractivity contribution in [2.75, 3.05) is 5.32 Å². The Kier molecular flexibility index (Phi) is 5.46. The van der Waals surface area contributed by atoms with Gasteiger partial charge in [0.25, 0.3) is 5.91 Å². The van der Waals surface area contributed by atoms with Crippen molar-refractivity contribution >= 4 is 49.2 Å². The van der Waals surface area contributed by atoms with E-state index >= 15 is 0 Å². The summed E-state index contributed by atoms with van der Waals surface area (Å²) in [4.78, 5) is 12.5. The zero-order valence-electron chi connectivity index (χ0n) is 15.6. The first-order valence-electron chi connectivity index (χ1n) is 8.98. The van der Waals surface area contributed by atoms with Gasteiger partial charge in [0, 0.05) is 26.9 Å². The molecule has 152 valence electrons. The fourth-order valence-electron chi connectivity index (χ4n) is 3.14. The number of anilines is 1. The highest BCUT2D eigenvalue weighted by Gasteiger charge is 2.26. The van der Waals surface area contributed by atoms with Crippen molar-refractivity contribution < 1.29 is 17.9 Å². The standard InChI is InChI=1S/C22H17BrN2O4S/c23-16-6-9-21(29-13-14-4-2-1-3-5-14)15(10-16)11-19-18-12-17(30(24,27)28)7-8-20(18)25-22(19)26/h1-12H,13H2,(H,25,26)(H2,24,27,28)/b19-11-. The molecule has 0 bridgehead atoms. The van der Waals surface area contributed by atoms with Gasteiger partial charge in [0.1, 0.15) is 12.4 Å². The quantitative estimate of drug-likeness (QED) is 0.530. The van der Waals surface area contributed by atoms with Gasteiger partial charge in [-0.3, -0.25) is 4.79 Å². The summed E-state index contributed by atoms with van der Waals surface area (Å²) >= 11 is 3.45. The van der Waals surface area contributed by atoms with Gasteiger partial charge in [0.15, 0.2) is 0 Å². The molecule has 1 aliphatic heterocycles. The second kappa shape index (κ2) is 8.06. The van der Waals surface area contributed by atoms with Crippen molar-refractivity contribution in [3.05, 3.63) is 87.9 Å². The largest absolute Gasteiger partial charge is 0.488 e. The molecule has 0 atom stereocenters. The predicted molar refractivity (Wildman–Crippen MR) is 119 cm³/mol.